The number of allylic oxidation sites excluding steroid dienone is 1. The lowest BCUT2D eigenvalue weighted by Gasteiger charge is -2.21. The number of anilines is 1. The predicted octanol–water partition coefficient (Wildman–Crippen LogP) is 7.79. The highest BCUT2D eigenvalue weighted by Gasteiger charge is 2.39. The molecule has 1 aliphatic heterocycles. The zero-order valence-electron chi connectivity index (χ0n) is 21.7. The van der Waals surface area contributed by atoms with Crippen LogP contribution in [-0.2, 0) is 11.3 Å². The Morgan fingerprint density at radius 1 is 0.872 bits per heavy atom. The summed E-state index contributed by atoms with van der Waals surface area (Å²) in [7, 11) is 0. The van der Waals surface area contributed by atoms with Gasteiger partial charge in [0.15, 0.2) is 0 Å². The fourth-order valence-electron chi connectivity index (χ4n) is 4.54. The normalized spacial score (nSPS) is 16.8. The SMILES string of the molecule is Cc1ccc(C2CC(=NC(=O)Nc3ccccc3)N(C(=O)OCc3ccccc3)/C2=C\c2ccccc2)cc1. The summed E-state index contributed by atoms with van der Waals surface area (Å²) in [5, 5.41) is 2.79. The van der Waals surface area contributed by atoms with Gasteiger partial charge in [-0.15, -0.1) is 0 Å². The molecule has 4 aromatic carbocycles. The molecule has 6 heteroatoms. The number of aryl methyl sites for hydroxylation is 1. The maximum atomic E-state index is 13.7. The molecular weight excluding hydrogens is 486 g/mol. The van der Waals surface area contributed by atoms with Crippen molar-refractivity contribution in [1.29, 1.82) is 0 Å². The van der Waals surface area contributed by atoms with Gasteiger partial charge in [-0.3, -0.25) is 0 Å². The second kappa shape index (κ2) is 12.0. The Bertz CT molecular complexity index is 1480. The number of hydrogen-bond donors (Lipinski definition) is 1. The molecule has 1 aliphatic rings. The van der Waals surface area contributed by atoms with Crippen molar-refractivity contribution < 1.29 is 14.3 Å². The molecule has 3 amide bonds. The molecule has 1 heterocycles. The maximum absolute atomic E-state index is 13.7. The van der Waals surface area contributed by atoms with Crippen LogP contribution in [0.15, 0.2) is 126 Å². The Labute approximate surface area is 228 Å². The minimum Gasteiger partial charge on any atom is -0.444 e. The highest BCUT2D eigenvalue weighted by Crippen LogP contribution is 2.40. The summed E-state index contributed by atoms with van der Waals surface area (Å²) in [5.41, 5.74) is 5.29. The first-order valence-electron chi connectivity index (χ1n) is 12.8. The second-order valence-corrected chi connectivity index (χ2v) is 9.35. The monoisotopic (exact) mass is 515 g/mol. The molecule has 6 nitrogen and oxygen atoms in total. The van der Waals surface area contributed by atoms with Crippen LogP contribution in [0.5, 0.6) is 0 Å². The molecule has 1 atom stereocenters. The van der Waals surface area contributed by atoms with Crippen LogP contribution < -0.4 is 5.32 Å². The van der Waals surface area contributed by atoms with Gasteiger partial charge in [-0.25, -0.2) is 14.5 Å². The van der Waals surface area contributed by atoms with E-state index in [1.165, 1.54) is 4.90 Å². The fraction of sp³-hybridized carbons (Fsp3) is 0.121. The van der Waals surface area contributed by atoms with E-state index in [1.54, 1.807) is 12.1 Å². The van der Waals surface area contributed by atoms with Crippen molar-refractivity contribution in [3.05, 3.63) is 143 Å². The van der Waals surface area contributed by atoms with Gasteiger partial charge in [0, 0.05) is 23.7 Å². The van der Waals surface area contributed by atoms with E-state index >= 15 is 0 Å². The predicted molar refractivity (Wildman–Crippen MR) is 154 cm³/mol. The molecule has 1 unspecified atom stereocenters. The molecule has 194 valence electrons. The van der Waals surface area contributed by atoms with Crippen LogP contribution in [-0.4, -0.2) is 22.9 Å². The molecule has 0 spiro atoms. The van der Waals surface area contributed by atoms with Crippen molar-refractivity contribution in [3.8, 4) is 0 Å². The minimum absolute atomic E-state index is 0.105. The Balaban J connectivity index is 1.53. The third-order valence-corrected chi connectivity index (χ3v) is 6.50. The van der Waals surface area contributed by atoms with Gasteiger partial charge in [0.2, 0.25) is 0 Å². The number of benzene rings is 4. The third kappa shape index (κ3) is 6.48. The van der Waals surface area contributed by atoms with E-state index in [9.17, 15) is 9.59 Å². The standard InChI is InChI=1S/C33H29N3O3/c1-24-17-19-27(20-18-24)29-22-31(35-32(37)34-28-15-9-4-10-16-28)36(30(29)21-25-11-5-2-6-12-25)33(38)39-23-26-13-7-3-8-14-26/h2-21,29H,22-23H2,1H3,(H,34,37)/b30-21-,35-31?. The number of amidine groups is 1. The first-order chi connectivity index (χ1) is 19.1. The Kier molecular flexibility index (Phi) is 7.93. The molecule has 0 saturated carbocycles. The van der Waals surface area contributed by atoms with Gasteiger partial charge in [-0.1, -0.05) is 109 Å². The summed E-state index contributed by atoms with van der Waals surface area (Å²) in [5.74, 6) is 0.132. The minimum atomic E-state index is -0.582. The van der Waals surface area contributed by atoms with E-state index in [-0.39, 0.29) is 12.5 Å². The molecule has 0 bridgehead atoms. The van der Waals surface area contributed by atoms with Crippen LogP contribution >= 0.6 is 0 Å². The van der Waals surface area contributed by atoms with Gasteiger partial charge in [0.25, 0.3) is 0 Å². The Morgan fingerprint density at radius 2 is 1.49 bits per heavy atom. The first-order valence-corrected chi connectivity index (χ1v) is 12.8. The van der Waals surface area contributed by atoms with Crippen molar-refractivity contribution in [2.24, 2.45) is 4.99 Å². The number of nitrogens with one attached hydrogen (secondary N) is 1. The lowest BCUT2D eigenvalue weighted by Crippen LogP contribution is -2.32. The quantitative estimate of drug-likeness (QED) is 0.295. The topological polar surface area (TPSA) is 71.0 Å². The number of carbonyl (C=O) groups excluding carboxylic acids is 2. The summed E-state index contributed by atoms with van der Waals surface area (Å²) in [4.78, 5) is 32.4. The molecular formula is C33H29N3O3. The van der Waals surface area contributed by atoms with Crippen LogP contribution in [0.3, 0.4) is 0 Å². The zero-order valence-corrected chi connectivity index (χ0v) is 21.7. The molecule has 39 heavy (non-hydrogen) atoms. The van der Waals surface area contributed by atoms with Crippen molar-refractivity contribution in [3.63, 3.8) is 0 Å². The van der Waals surface area contributed by atoms with Crippen LogP contribution in [0.4, 0.5) is 15.3 Å². The number of para-hydroxylation sites is 1. The summed E-state index contributed by atoms with van der Waals surface area (Å²) in [6, 6.07) is 36.0. The molecule has 1 saturated heterocycles. The summed E-state index contributed by atoms with van der Waals surface area (Å²) < 4.78 is 5.75. The summed E-state index contributed by atoms with van der Waals surface area (Å²) >= 11 is 0. The lowest BCUT2D eigenvalue weighted by molar-refractivity contribution is 0.123. The number of aliphatic imine (C=N–C) groups is 1. The van der Waals surface area contributed by atoms with Gasteiger partial charge in [-0.2, -0.15) is 4.99 Å². The van der Waals surface area contributed by atoms with E-state index in [2.05, 4.69) is 22.4 Å². The molecule has 0 radical (unpaired) electrons. The molecule has 1 fully saturated rings. The number of urea groups is 1. The van der Waals surface area contributed by atoms with E-state index in [0.29, 0.717) is 23.6 Å². The van der Waals surface area contributed by atoms with Gasteiger partial charge in [0.1, 0.15) is 12.4 Å². The molecule has 4 aromatic rings. The van der Waals surface area contributed by atoms with Crippen LogP contribution in [0.25, 0.3) is 6.08 Å². The van der Waals surface area contributed by atoms with E-state index in [1.807, 2.05) is 104 Å². The van der Waals surface area contributed by atoms with Crippen molar-refractivity contribution in [1.82, 2.24) is 4.90 Å². The maximum Gasteiger partial charge on any atom is 0.420 e. The van der Waals surface area contributed by atoms with Gasteiger partial charge < -0.3 is 10.1 Å². The average Bonchev–Trinajstić information content (AvgIpc) is 3.30. The summed E-state index contributed by atoms with van der Waals surface area (Å²) in [6.07, 6.45) is 1.75. The number of amides is 3. The summed E-state index contributed by atoms with van der Waals surface area (Å²) in [6.45, 7) is 2.14. The van der Waals surface area contributed by atoms with Crippen molar-refractivity contribution in [2.45, 2.75) is 25.9 Å². The van der Waals surface area contributed by atoms with Crippen LogP contribution in [0.1, 0.15) is 34.6 Å². The lowest BCUT2D eigenvalue weighted by atomic mass is 9.93. The van der Waals surface area contributed by atoms with Crippen LogP contribution in [0.2, 0.25) is 0 Å². The second-order valence-electron chi connectivity index (χ2n) is 9.35. The van der Waals surface area contributed by atoms with Crippen molar-refractivity contribution in [2.75, 3.05) is 5.32 Å². The number of carbonyl (C=O) groups is 2. The fourth-order valence-corrected chi connectivity index (χ4v) is 4.54. The molecule has 0 aliphatic carbocycles. The number of hydrogen-bond acceptors (Lipinski definition) is 3. The highest BCUT2D eigenvalue weighted by molar-refractivity contribution is 6.08. The van der Waals surface area contributed by atoms with E-state index in [0.717, 1.165) is 22.3 Å². The molecule has 5 rings (SSSR count). The first kappa shape index (κ1) is 25.7. The molecule has 1 N–H and O–H groups in total. The van der Waals surface area contributed by atoms with Gasteiger partial charge in [0.05, 0.1) is 0 Å². The number of ether oxygens (including phenoxy) is 1. The highest BCUT2D eigenvalue weighted by atomic mass is 16.6. The third-order valence-electron chi connectivity index (χ3n) is 6.50. The Hall–Kier alpha value is -4.97. The number of rotatable bonds is 5. The average molecular weight is 516 g/mol. The van der Waals surface area contributed by atoms with Crippen LogP contribution in [0, 0.1) is 6.92 Å². The largest absolute Gasteiger partial charge is 0.444 e. The van der Waals surface area contributed by atoms with Gasteiger partial charge >= 0.3 is 12.1 Å². The molecule has 0 aromatic heterocycles. The van der Waals surface area contributed by atoms with Gasteiger partial charge in [-0.05, 0) is 41.8 Å². The van der Waals surface area contributed by atoms with E-state index in [4.69, 9.17) is 4.74 Å². The number of nitrogens with zero attached hydrogens (tertiary/aromatic N) is 2. The van der Waals surface area contributed by atoms with E-state index < -0.39 is 12.1 Å². The zero-order chi connectivity index (χ0) is 27.0. The Morgan fingerprint density at radius 3 is 2.15 bits per heavy atom. The smallest absolute Gasteiger partial charge is 0.420 e. The number of likely N-dealkylation sites (tertiary alicyclic amines) is 1. The van der Waals surface area contributed by atoms with Crippen molar-refractivity contribution >= 4 is 29.7 Å².